The molecule has 2 N–H and O–H groups in total. The highest BCUT2D eigenvalue weighted by atomic mass is 32.2. The van der Waals surface area contributed by atoms with Crippen molar-refractivity contribution in [3.8, 4) is 17.3 Å². The number of thioether (sulfide) groups is 1. The van der Waals surface area contributed by atoms with Crippen LogP contribution in [0.5, 0.6) is 0 Å². The third-order valence-electron chi connectivity index (χ3n) is 3.42. The number of hydrogen-bond acceptors (Lipinski definition) is 9. The van der Waals surface area contributed by atoms with Crippen LogP contribution in [-0.4, -0.2) is 34.8 Å². The first-order valence-electron chi connectivity index (χ1n) is 7.34. The molecule has 4 aromatic rings. The van der Waals surface area contributed by atoms with Crippen molar-refractivity contribution < 1.29 is 4.52 Å². The molecule has 0 aliphatic rings. The van der Waals surface area contributed by atoms with Gasteiger partial charge in [-0.1, -0.05) is 16.9 Å². The van der Waals surface area contributed by atoms with Crippen molar-refractivity contribution in [1.82, 2.24) is 34.8 Å². The number of aryl methyl sites for hydroxylation is 2. The number of nitrogen functional groups attached to an aromatic ring is 1. The lowest BCUT2D eigenvalue weighted by atomic mass is 10.3. The van der Waals surface area contributed by atoms with Crippen molar-refractivity contribution in [2.75, 3.05) is 5.84 Å². The zero-order valence-electron chi connectivity index (χ0n) is 13.4. The summed E-state index contributed by atoms with van der Waals surface area (Å²) in [5, 5.41) is 21.1. The fourth-order valence-electron chi connectivity index (χ4n) is 2.29. The highest BCUT2D eigenvalue weighted by molar-refractivity contribution is 7.98. The van der Waals surface area contributed by atoms with Crippen LogP contribution in [-0.2, 0) is 5.75 Å². The normalized spacial score (nSPS) is 11.3. The number of nitrogens with two attached hydrogens (primary N) is 1. The summed E-state index contributed by atoms with van der Waals surface area (Å²) in [6.07, 6.45) is 0. The van der Waals surface area contributed by atoms with E-state index >= 15 is 0 Å². The van der Waals surface area contributed by atoms with Crippen LogP contribution in [0.15, 0.2) is 32.6 Å². The maximum Gasteiger partial charge on any atom is 0.271 e. The maximum absolute atomic E-state index is 6.10. The molecule has 128 valence electrons. The lowest BCUT2D eigenvalue weighted by Crippen LogP contribution is -2.17. The topological polar surface area (TPSA) is 113 Å². The number of aromatic nitrogens is 7. The largest absolute Gasteiger partial charge is 0.338 e. The minimum Gasteiger partial charge on any atom is -0.338 e. The van der Waals surface area contributed by atoms with Gasteiger partial charge >= 0.3 is 0 Å². The van der Waals surface area contributed by atoms with E-state index < -0.39 is 0 Å². The predicted molar refractivity (Wildman–Crippen MR) is 93.9 cm³/mol. The SMILES string of the molecule is Cc1cc(C)n(-c2nnc(SCc3nc(-c4ccsc4)no3)n2N)n1. The number of nitrogens with zero attached hydrogens (tertiary/aromatic N) is 7. The van der Waals surface area contributed by atoms with Crippen molar-refractivity contribution in [3.63, 3.8) is 0 Å². The van der Waals surface area contributed by atoms with E-state index in [2.05, 4.69) is 25.4 Å². The van der Waals surface area contributed by atoms with Gasteiger partial charge in [0.1, 0.15) is 0 Å². The second kappa shape index (κ2) is 6.33. The monoisotopic (exact) mass is 374 g/mol. The first-order valence-corrected chi connectivity index (χ1v) is 9.27. The Morgan fingerprint density at radius 1 is 1.32 bits per heavy atom. The van der Waals surface area contributed by atoms with Gasteiger partial charge in [-0.05, 0) is 31.4 Å². The molecule has 0 amide bonds. The second-order valence-corrected chi connectivity index (χ2v) is 7.03. The molecule has 4 heterocycles. The van der Waals surface area contributed by atoms with Crippen molar-refractivity contribution in [2.24, 2.45) is 0 Å². The lowest BCUT2D eigenvalue weighted by molar-refractivity contribution is 0.391. The molecule has 9 nitrogen and oxygen atoms in total. The second-order valence-electron chi connectivity index (χ2n) is 5.30. The molecule has 0 aromatic carbocycles. The Kier molecular flexibility index (Phi) is 4.01. The minimum atomic E-state index is 0.448. The fourth-order valence-corrected chi connectivity index (χ4v) is 3.62. The summed E-state index contributed by atoms with van der Waals surface area (Å²) in [5.41, 5.74) is 2.77. The summed E-state index contributed by atoms with van der Waals surface area (Å²) >= 11 is 2.95. The number of thiophene rings is 1. The molecule has 0 spiro atoms. The molecule has 0 unspecified atom stereocenters. The predicted octanol–water partition coefficient (Wildman–Crippen LogP) is 2.20. The molecule has 0 aliphatic carbocycles. The average Bonchev–Trinajstić information content (AvgIpc) is 3.34. The standard InChI is InChI=1S/C14H14N8OS2/c1-8-5-9(2)22(19-8)13-17-18-14(21(13)15)25-7-11-16-12(20-23-11)10-3-4-24-6-10/h3-6H,7,15H2,1-2H3. The number of hydrogen-bond donors (Lipinski definition) is 1. The quantitative estimate of drug-likeness (QED) is 0.418. The summed E-state index contributed by atoms with van der Waals surface area (Å²) in [6, 6.07) is 3.90. The molecule has 0 atom stereocenters. The molecule has 11 heteroatoms. The van der Waals surface area contributed by atoms with E-state index in [9.17, 15) is 0 Å². The van der Waals surface area contributed by atoms with E-state index in [0.717, 1.165) is 17.0 Å². The summed E-state index contributed by atoms with van der Waals surface area (Å²) in [6.45, 7) is 3.85. The maximum atomic E-state index is 6.10. The van der Waals surface area contributed by atoms with Gasteiger partial charge in [-0.15, -0.1) is 10.2 Å². The fraction of sp³-hybridized carbons (Fsp3) is 0.214. The molecule has 0 bridgehead atoms. The Hall–Kier alpha value is -2.66. The van der Waals surface area contributed by atoms with Crippen LogP contribution in [0.1, 0.15) is 17.3 Å². The third-order valence-corrected chi connectivity index (χ3v) is 5.03. The molecule has 0 aliphatic heterocycles. The molecule has 4 rings (SSSR count). The van der Waals surface area contributed by atoms with Crippen molar-refractivity contribution in [1.29, 1.82) is 0 Å². The Morgan fingerprint density at radius 3 is 2.92 bits per heavy atom. The van der Waals surface area contributed by atoms with E-state index in [1.54, 1.807) is 16.0 Å². The summed E-state index contributed by atoms with van der Waals surface area (Å²) in [7, 11) is 0. The van der Waals surface area contributed by atoms with E-state index in [1.807, 2.05) is 36.7 Å². The Morgan fingerprint density at radius 2 is 2.20 bits per heavy atom. The van der Waals surface area contributed by atoms with Crippen LogP contribution in [0.4, 0.5) is 0 Å². The average molecular weight is 374 g/mol. The van der Waals surface area contributed by atoms with E-state index in [1.165, 1.54) is 16.4 Å². The van der Waals surface area contributed by atoms with Crippen molar-refractivity contribution in [3.05, 3.63) is 40.2 Å². The molecular weight excluding hydrogens is 360 g/mol. The van der Waals surface area contributed by atoms with Crippen molar-refractivity contribution >= 4 is 23.1 Å². The summed E-state index contributed by atoms with van der Waals surface area (Å²) in [4.78, 5) is 4.37. The van der Waals surface area contributed by atoms with Crippen LogP contribution >= 0.6 is 23.1 Å². The molecule has 0 fully saturated rings. The van der Waals surface area contributed by atoms with Gasteiger partial charge in [-0.25, -0.2) is 9.36 Å². The van der Waals surface area contributed by atoms with Crippen LogP contribution in [0.3, 0.4) is 0 Å². The van der Waals surface area contributed by atoms with Gasteiger partial charge in [0.25, 0.3) is 5.95 Å². The van der Waals surface area contributed by atoms with Gasteiger partial charge in [0.2, 0.25) is 16.9 Å². The van der Waals surface area contributed by atoms with Crippen molar-refractivity contribution in [2.45, 2.75) is 24.8 Å². The zero-order chi connectivity index (χ0) is 17.4. The van der Waals surface area contributed by atoms with Crippen LogP contribution in [0, 0.1) is 13.8 Å². The van der Waals surface area contributed by atoms with E-state index in [4.69, 9.17) is 10.4 Å². The Bertz CT molecular complexity index is 1000. The Labute approximate surface area is 150 Å². The highest BCUT2D eigenvalue weighted by Crippen LogP contribution is 2.23. The summed E-state index contributed by atoms with van der Waals surface area (Å²) in [5.74, 6) is 8.09. The van der Waals surface area contributed by atoms with Gasteiger partial charge < -0.3 is 10.4 Å². The van der Waals surface area contributed by atoms with Gasteiger partial charge in [0.15, 0.2) is 0 Å². The van der Waals surface area contributed by atoms with E-state index in [0.29, 0.717) is 28.6 Å². The molecule has 0 saturated carbocycles. The summed E-state index contributed by atoms with van der Waals surface area (Å²) < 4.78 is 8.33. The van der Waals surface area contributed by atoms with Crippen LogP contribution in [0.25, 0.3) is 17.3 Å². The number of rotatable bonds is 5. The minimum absolute atomic E-state index is 0.448. The molecule has 25 heavy (non-hydrogen) atoms. The third kappa shape index (κ3) is 3.03. The molecular formula is C14H14N8OS2. The van der Waals surface area contributed by atoms with Gasteiger partial charge in [0, 0.05) is 16.6 Å². The van der Waals surface area contributed by atoms with Crippen LogP contribution < -0.4 is 5.84 Å². The molecule has 0 saturated heterocycles. The van der Waals surface area contributed by atoms with Crippen LogP contribution in [0.2, 0.25) is 0 Å². The van der Waals surface area contributed by atoms with Gasteiger partial charge in [-0.2, -0.15) is 21.4 Å². The van der Waals surface area contributed by atoms with Gasteiger partial charge in [-0.3, -0.25) is 0 Å². The highest BCUT2D eigenvalue weighted by Gasteiger charge is 2.16. The first kappa shape index (κ1) is 15.8. The smallest absolute Gasteiger partial charge is 0.271 e. The zero-order valence-corrected chi connectivity index (χ0v) is 15.1. The molecule has 4 aromatic heterocycles. The molecule has 0 radical (unpaired) electrons. The first-order chi connectivity index (χ1) is 12.1. The Balaban J connectivity index is 1.50. The van der Waals surface area contributed by atoms with E-state index in [-0.39, 0.29) is 0 Å². The lowest BCUT2D eigenvalue weighted by Gasteiger charge is -2.03. The van der Waals surface area contributed by atoms with Gasteiger partial charge in [0.05, 0.1) is 11.4 Å².